The van der Waals surface area contributed by atoms with Crippen LogP contribution in [0.2, 0.25) is 0 Å². The molecular formula is C49H86NO10P. The van der Waals surface area contributed by atoms with E-state index in [4.69, 9.17) is 13.8 Å². The van der Waals surface area contributed by atoms with Gasteiger partial charge in [0.15, 0.2) is 6.04 Å². The van der Waals surface area contributed by atoms with Gasteiger partial charge in [-0.05, 0) is 77.0 Å². The summed E-state index contributed by atoms with van der Waals surface area (Å²) in [4.78, 5) is 46.0. The second-order valence-electron chi connectivity index (χ2n) is 15.9. The first-order chi connectivity index (χ1) is 29.6. The van der Waals surface area contributed by atoms with Crippen molar-refractivity contribution in [2.24, 2.45) is 0 Å². The first-order valence-corrected chi connectivity index (χ1v) is 25.3. The summed E-state index contributed by atoms with van der Waals surface area (Å²) < 4.78 is 26.9. The van der Waals surface area contributed by atoms with Crippen molar-refractivity contribution >= 4 is 25.7 Å². The molecule has 0 saturated carbocycles. The summed E-state index contributed by atoms with van der Waals surface area (Å²) in [6, 6.07) is -1.55. The molecule has 0 bridgehead atoms. The average Bonchev–Trinajstić information content (AvgIpc) is 3.24. The fraction of sp³-hybridized carbons (Fsp3) is 0.735. The molecule has 0 radical (unpaired) electrons. The number of allylic oxidation sites excluding steroid dienone is 10. The van der Waals surface area contributed by atoms with E-state index in [0.717, 1.165) is 89.9 Å². The molecule has 352 valence electrons. The predicted octanol–water partition coefficient (Wildman–Crippen LogP) is 12.7. The number of carboxylic acids is 1. The molecule has 4 N–H and O–H groups in total. The fourth-order valence-corrected chi connectivity index (χ4v) is 7.05. The fourth-order valence-electron chi connectivity index (χ4n) is 6.28. The number of esters is 1. The van der Waals surface area contributed by atoms with Gasteiger partial charge in [0.2, 0.25) is 5.91 Å². The molecule has 0 aromatic carbocycles. The van der Waals surface area contributed by atoms with Crippen molar-refractivity contribution in [2.75, 3.05) is 19.8 Å². The van der Waals surface area contributed by atoms with E-state index in [0.29, 0.717) is 12.8 Å². The normalized spacial score (nSPS) is 14.2. The summed E-state index contributed by atoms with van der Waals surface area (Å²) >= 11 is 0. The number of carboxylic acid groups (broad SMARTS) is 1. The van der Waals surface area contributed by atoms with Crippen molar-refractivity contribution in [3.63, 3.8) is 0 Å². The summed E-state index contributed by atoms with van der Waals surface area (Å²) in [6.07, 6.45) is 50.9. The van der Waals surface area contributed by atoms with Gasteiger partial charge < -0.3 is 25.2 Å². The van der Waals surface area contributed by atoms with E-state index in [1.54, 1.807) is 0 Å². The molecule has 0 aromatic rings. The smallest absolute Gasteiger partial charge is 0.472 e. The predicted molar refractivity (Wildman–Crippen MR) is 249 cm³/mol. The molecule has 12 heteroatoms. The van der Waals surface area contributed by atoms with Gasteiger partial charge in [-0.3, -0.25) is 18.6 Å². The number of amides is 1. The average molecular weight is 880 g/mol. The van der Waals surface area contributed by atoms with Crippen LogP contribution in [0.4, 0.5) is 0 Å². The van der Waals surface area contributed by atoms with Gasteiger partial charge in [-0.2, -0.15) is 0 Å². The molecule has 0 aliphatic carbocycles. The Kier molecular flexibility index (Phi) is 41.8. The van der Waals surface area contributed by atoms with Crippen LogP contribution in [-0.4, -0.2) is 64.9 Å². The van der Waals surface area contributed by atoms with Gasteiger partial charge in [0, 0.05) is 12.8 Å². The largest absolute Gasteiger partial charge is 0.480 e. The minimum atomic E-state index is -4.77. The molecule has 11 nitrogen and oxygen atoms in total. The first kappa shape index (κ1) is 58.2. The number of aliphatic hydroxyl groups is 1. The number of hydrogen-bond donors (Lipinski definition) is 4. The third kappa shape index (κ3) is 43.6. The van der Waals surface area contributed by atoms with Crippen molar-refractivity contribution in [2.45, 2.75) is 212 Å². The first-order valence-electron chi connectivity index (χ1n) is 23.8. The van der Waals surface area contributed by atoms with Crippen molar-refractivity contribution < 1.29 is 47.8 Å². The van der Waals surface area contributed by atoms with Gasteiger partial charge in [-0.1, -0.05) is 171 Å². The molecule has 0 rings (SSSR count). The highest BCUT2D eigenvalue weighted by atomic mass is 31.2. The van der Waals surface area contributed by atoms with Crippen LogP contribution < -0.4 is 5.32 Å². The Morgan fingerprint density at radius 2 is 0.918 bits per heavy atom. The molecule has 0 fully saturated rings. The van der Waals surface area contributed by atoms with Crippen LogP contribution in [0.3, 0.4) is 0 Å². The zero-order chi connectivity index (χ0) is 44.9. The molecule has 0 heterocycles. The molecule has 61 heavy (non-hydrogen) atoms. The summed E-state index contributed by atoms with van der Waals surface area (Å²) in [5.41, 5.74) is 0. The number of phosphoric acid groups is 1. The Morgan fingerprint density at radius 3 is 1.39 bits per heavy atom. The summed E-state index contributed by atoms with van der Waals surface area (Å²) in [7, 11) is -4.77. The van der Waals surface area contributed by atoms with E-state index < -0.39 is 57.6 Å². The minimum absolute atomic E-state index is 0.138. The molecule has 0 aliphatic heterocycles. The summed E-state index contributed by atoms with van der Waals surface area (Å²) in [5.74, 6) is -2.40. The van der Waals surface area contributed by atoms with Crippen molar-refractivity contribution in [1.82, 2.24) is 5.32 Å². The van der Waals surface area contributed by atoms with Crippen LogP contribution in [0.15, 0.2) is 60.8 Å². The number of ether oxygens (including phenoxy) is 1. The Hall–Kier alpha value is -2.82. The van der Waals surface area contributed by atoms with Crippen molar-refractivity contribution in [3.8, 4) is 0 Å². The van der Waals surface area contributed by atoms with Crippen LogP contribution in [0.1, 0.15) is 200 Å². The van der Waals surface area contributed by atoms with Gasteiger partial charge in [0.1, 0.15) is 12.7 Å². The maximum atomic E-state index is 12.4. The van der Waals surface area contributed by atoms with Gasteiger partial charge in [0.05, 0.1) is 13.2 Å². The maximum Gasteiger partial charge on any atom is 0.472 e. The maximum absolute atomic E-state index is 12.4. The highest BCUT2D eigenvalue weighted by Crippen LogP contribution is 2.43. The van der Waals surface area contributed by atoms with E-state index in [1.165, 1.54) is 70.6 Å². The molecular weight excluding hydrogens is 794 g/mol. The van der Waals surface area contributed by atoms with E-state index in [-0.39, 0.29) is 12.8 Å². The molecule has 0 aromatic heterocycles. The highest BCUT2D eigenvalue weighted by Gasteiger charge is 2.28. The monoisotopic (exact) mass is 880 g/mol. The van der Waals surface area contributed by atoms with E-state index in [2.05, 4.69) is 79.9 Å². The summed E-state index contributed by atoms with van der Waals surface area (Å²) in [6.45, 7) is 2.51. The molecule has 0 spiro atoms. The zero-order valence-corrected chi connectivity index (χ0v) is 39.1. The van der Waals surface area contributed by atoms with Gasteiger partial charge in [0.25, 0.3) is 0 Å². The Balaban J connectivity index is 3.88. The third-order valence-electron chi connectivity index (χ3n) is 10.0. The number of carbonyl (C=O) groups is 3. The number of rotatable bonds is 44. The van der Waals surface area contributed by atoms with Gasteiger partial charge in [-0.25, -0.2) is 9.36 Å². The van der Waals surface area contributed by atoms with E-state index in [9.17, 15) is 34.1 Å². The van der Waals surface area contributed by atoms with Gasteiger partial charge >= 0.3 is 19.8 Å². The lowest BCUT2D eigenvalue weighted by atomic mass is 10.0. The van der Waals surface area contributed by atoms with Crippen molar-refractivity contribution in [3.05, 3.63) is 60.8 Å². The van der Waals surface area contributed by atoms with Crippen LogP contribution in [0.25, 0.3) is 0 Å². The molecule has 1 amide bonds. The Bertz CT molecular complexity index is 1260. The number of aliphatic hydroxyl groups excluding tert-OH is 1. The lowest BCUT2D eigenvalue weighted by Crippen LogP contribution is -2.43. The van der Waals surface area contributed by atoms with E-state index >= 15 is 0 Å². The molecule has 0 saturated heterocycles. The van der Waals surface area contributed by atoms with Crippen LogP contribution in [0, 0.1) is 0 Å². The quantitative estimate of drug-likeness (QED) is 0.0200. The number of aliphatic carboxylic acids is 1. The SMILES string of the molecule is CCCC/C=C\C/C=C\CCCCCCCC(=O)OCC(O)COP(=O)(O)OCC(NC(=O)CCCCCCCCCCCC/C=C\C/C=C\C/C=C\CCCCC)C(=O)O. The lowest BCUT2D eigenvalue weighted by Gasteiger charge is -2.18. The van der Waals surface area contributed by atoms with Crippen molar-refractivity contribution in [1.29, 1.82) is 0 Å². The molecule has 0 aliphatic rings. The molecule has 3 unspecified atom stereocenters. The third-order valence-corrected chi connectivity index (χ3v) is 11.0. The number of phosphoric ester groups is 1. The summed E-state index contributed by atoms with van der Waals surface area (Å²) in [5, 5.41) is 21.9. The van der Waals surface area contributed by atoms with Crippen LogP contribution >= 0.6 is 7.82 Å². The van der Waals surface area contributed by atoms with Crippen LogP contribution in [-0.2, 0) is 32.7 Å². The topological polar surface area (TPSA) is 169 Å². The van der Waals surface area contributed by atoms with Gasteiger partial charge in [-0.15, -0.1) is 0 Å². The van der Waals surface area contributed by atoms with Crippen LogP contribution in [0.5, 0.6) is 0 Å². The number of unbranched alkanes of at least 4 members (excludes halogenated alkanes) is 20. The minimum Gasteiger partial charge on any atom is -0.480 e. The lowest BCUT2D eigenvalue weighted by molar-refractivity contribution is -0.147. The van der Waals surface area contributed by atoms with E-state index in [1.807, 2.05) is 0 Å². The number of hydrogen-bond acceptors (Lipinski definition) is 8. The zero-order valence-electron chi connectivity index (χ0n) is 38.2. The number of carbonyl (C=O) groups excluding carboxylic acids is 2. The molecule has 3 atom stereocenters. The highest BCUT2D eigenvalue weighted by molar-refractivity contribution is 7.47. The number of nitrogens with one attached hydrogen (secondary N) is 1. The Morgan fingerprint density at radius 1 is 0.525 bits per heavy atom. The second kappa shape index (κ2) is 43.8. The Labute approximate surface area is 370 Å². The standard InChI is InChI=1S/C49H86NO10P/c1-3-5-7-9-11-13-15-17-19-20-21-22-23-24-25-26-27-28-30-32-34-36-38-40-47(52)50-46(49(54)55)44-60-61(56,57)59-43-45(51)42-58-48(53)41-39-37-35-33-31-29-18-16-14-12-10-8-6-4-2/h10-13,16-19,21-22,45-46,51H,3-9,14-15,20,23-44H2,1-2H3,(H,50,52)(H,54,55)(H,56,57)/b12-10-,13-11-,18-16-,19-17-,22-21-. The second-order valence-corrected chi connectivity index (χ2v) is 17.4.